The Morgan fingerprint density at radius 1 is 0.818 bits per heavy atom. The van der Waals surface area contributed by atoms with E-state index in [2.05, 4.69) is 29.0 Å². The molecule has 4 aliphatic rings. The molecule has 15 nitrogen and oxygen atoms in total. The van der Waals surface area contributed by atoms with Gasteiger partial charge in [-0.3, -0.25) is 23.8 Å². The zero-order chi connectivity index (χ0) is 46.7. The van der Waals surface area contributed by atoms with Crippen molar-refractivity contribution in [3.8, 4) is 23.0 Å². The van der Waals surface area contributed by atoms with Crippen LogP contribution < -0.4 is 39.0 Å². The summed E-state index contributed by atoms with van der Waals surface area (Å²) >= 11 is 4.61. The van der Waals surface area contributed by atoms with Crippen LogP contribution in [0.4, 0.5) is 28.4 Å². The molecule has 5 aromatic carbocycles. The van der Waals surface area contributed by atoms with E-state index in [0.717, 1.165) is 23.2 Å². The number of ether oxygens (including phenoxy) is 4. The van der Waals surface area contributed by atoms with Crippen molar-refractivity contribution in [2.75, 3.05) is 47.8 Å². The number of nitrogens with zero attached hydrogens (tertiary/aromatic N) is 4. The lowest BCUT2D eigenvalue weighted by Gasteiger charge is -2.24. The van der Waals surface area contributed by atoms with Crippen LogP contribution in [-0.4, -0.2) is 80.4 Å². The Bertz CT molecular complexity index is 2950. The molecule has 0 spiro atoms. The Hall–Kier alpha value is -6.56. The lowest BCUT2D eigenvalue weighted by atomic mass is 10.1. The van der Waals surface area contributed by atoms with E-state index in [4.69, 9.17) is 18.9 Å². The molecule has 4 heterocycles. The quantitative estimate of drug-likeness (QED) is 0.0822. The predicted octanol–water partition coefficient (Wildman–Crippen LogP) is 7.81. The van der Waals surface area contributed by atoms with Gasteiger partial charge in [0.25, 0.3) is 11.8 Å². The molecule has 4 aliphatic heterocycles. The van der Waals surface area contributed by atoms with Gasteiger partial charge in [0.2, 0.25) is 5.91 Å². The highest BCUT2D eigenvalue weighted by atomic mass is 32.2. The fourth-order valence-corrected chi connectivity index (χ4v) is 9.89. The van der Waals surface area contributed by atoms with E-state index in [0.29, 0.717) is 58.2 Å². The van der Waals surface area contributed by atoms with Gasteiger partial charge in [-0.15, -0.1) is 0 Å². The Labute approximate surface area is 388 Å². The number of aliphatic imine (C=N–C) groups is 1. The molecule has 0 unspecified atom stereocenters. The molecule has 2 N–H and O–H groups in total. The van der Waals surface area contributed by atoms with Crippen molar-refractivity contribution in [2.45, 2.75) is 69.6 Å². The molecule has 66 heavy (non-hydrogen) atoms. The summed E-state index contributed by atoms with van der Waals surface area (Å²) in [5.74, 6) is 0.337. The van der Waals surface area contributed by atoms with Gasteiger partial charge in [-0.2, -0.15) is 21.0 Å². The summed E-state index contributed by atoms with van der Waals surface area (Å²) in [4.78, 5) is 51.0. The first kappa shape index (κ1) is 44.6. The number of carbonyl (C=O) groups excluding carboxylic acids is 3. The van der Waals surface area contributed by atoms with Crippen LogP contribution in [0.2, 0.25) is 0 Å². The maximum atomic E-state index is 14.2. The maximum absolute atomic E-state index is 14.2. The fourth-order valence-electron chi connectivity index (χ4n) is 9.03. The average Bonchev–Trinajstić information content (AvgIpc) is 3.80. The number of anilines is 4. The zero-order valence-corrected chi connectivity index (χ0v) is 38.7. The van der Waals surface area contributed by atoms with Gasteiger partial charge in [0.15, 0.2) is 28.0 Å². The van der Waals surface area contributed by atoms with Crippen LogP contribution in [0, 0.1) is 0 Å². The molecule has 17 heteroatoms. The van der Waals surface area contributed by atoms with E-state index in [9.17, 15) is 27.4 Å². The molecule has 9 rings (SSSR count). The van der Waals surface area contributed by atoms with Crippen LogP contribution in [0.1, 0.15) is 69.7 Å². The lowest BCUT2D eigenvalue weighted by Crippen LogP contribution is -2.44. The van der Waals surface area contributed by atoms with Gasteiger partial charge >= 0.3 is 10.1 Å². The number of carbonyl (C=O) groups is 3. The molecule has 0 aromatic heterocycles. The number of nitrogens with one attached hydrogen (secondary N) is 1. The monoisotopic (exact) mass is 931 g/mol. The number of benzene rings is 5. The standard InChI is InChI=1S/C49H49N5O10S2/c1-49(2,65)15-14-45(55)52(3)32-17-28(26-63-43-23-36-34(21-41(43)61-4)47(56)53-33(25-50-36)19-30-10-6-8-12-38(30)53)16-29(18-32)27-64-44-24-37-35(22-42(44)62-5)48(57)54-39-13-9-7-11-31(39)20-40(54)46(51-37)66(58,59)60/h6-13,16-18,21-24,33,40,50,65H,14-15,19-20,25-27H2,1-5H3,(H,58,59,60)/t33-,40-/m0/s1. The normalized spacial score (nSPS) is 17.2. The third kappa shape index (κ3) is 8.53. The molecular weight excluding hydrogens is 883 g/mol. The second-order valence-corrected chi connectivity index (χ2v) is 20.0. The number of amides is 3. The number of hydrogen-bond donors (Lipinski definition) is 3. The van der Waals surface area contributed by atoms with Gasteiger partial charge in [0.05, 0.1) is 48.8 Å². The maximum Gasteiger partial charge on any atom is 0.310 e. The third-order valence-electron chi connectivity index (χ3n) is 12.4. The summed E-state index contributed by atoms with van der Waals surface area (Å²) in [7, 11) is -0.219. The van der Waals surface area contributed by atoms with E-state index in [1.165, 1.54) is 31.3 Å². The minimum absolute atomic E-state index is 0.0216. The van der Waals surface area contributed by atoms with Crippen molar-refractivity contribution < 1.29 is 46.3 Å². The Morgan fingerprint density at radius 2 is 1.39 bits per heavy atom. The smallest absolute Gasteiger partial charge is 0.310 e. The van der Waals surface area contributed by atoms with E-state index < -0.39 is 27.1 Å². The van der Waals surface area contributed by atoms with Gasteiger partial charge in [0.1, 0.15) is 13.2 Å². The molecule has 0 radical (unpaired) electrons. The second kappa shape index (κ2) is 17.3. The molecule has 0 bridgehead atoms. The first-order valence-electron chi connectivity index (χ1n) is 21.5. The first-order chi connectivity index (χ1) is 31.5. The van der Waals surface area contributed by atoms with Crippen molar-refractivity contribution in [2.24, 2.45) is 4.99 Å². The highest BCUT2D eigenvalue weighted by molar-refractivity contribution is 8.01. The second-order valence-electron chi connectivity index (χ2n) is 17.4. The van der Waals surface area contributed by atoms with E-state index in [-0.39, 0.29) is 71.4 Å². The zero-order valence-electron chi connectivity index (χ0n) is 37.0. The minimum atomic E-state index is -4.85. The van der Waals surface area contributed by atoms with Crippen LogP contribution in [0.3, 0.4) is 0 Å². The number of thiol groups is 1. The highest BCUT2D eigenvalue weighted by Crippen LogP contribution is 2.44. The van der Waals surface area contributed by atoms with Gasteiger partial charge in [-0.1, -0.05) is 50.2 Å². The molecule has 0 fully saturated rings. The molecular formula is C49H49N5O10S2. The van der Waals surface area contributed by atoms with Gasteiger partial charge in [-0.05, 0) is 77.6 Å². The Morgan fingerprint density at radius 3 is 2.02 bits per heavy atom. The van der Waals surface area contributed by atoms with Crippen LogP contribution in [0.15, 0.2) is 96.0 Å². The molecule has 0 aliphatic carbocycles. The van der Waals surface area contributed by atoms with Crippen LogP contribution >= 0.6 is 12.6 Å². The summed E-state index contributed by atoms with van der Waals surface area (Å²) in [6, 6.07) is 25.8. The van der Waals surface area contributed by atoms with Crippen molar-refractivity contribution >= 4 is 73.9 Å². The summed E-state index contributed by atoms with van der Waals surface area (Å²) < 4.78 is 60.0. The van der Waals surface area contributed by atoms with Crippen molar-refractivity contribution in [1.29, 1.82) is 0 Å². The Balaban J connectivity index is 1.02. The van der Waals surface area contributed by atoms with E-state index in [1.54, 1.807) is 48.3 Å². The number of hydrogen-bond acceptors (Lipinski definition) is 12. The predicted molar refractivity (Wildman–Crippen MR) is 255 cm³/mol. The van der Waals surface area contributed by atoms with Crippen LogP contribution in [0.5, 0.6) is 23.0 Å². The van der Waals surface area contributed by atoms with Crippen molar-refractivity contribution in [1.82, 2.24) is 0 Å². The average molecular weight is 932 g/mol. The SMILES string of the molecule is COc1cc2c(cc1OCc1cc(COc3cc4c(cc3OC)C(=O)N3c5ccccc5C[C@H]3CN4)cc(N(C)C(=O)CCC(C)(C)S)c1)N=C(S(=O)(=O)O)[C@@H]1Cc3ccccc3N1C2=O. The van der Waals surface area contributed by atoms with Crippen molar-refractivity contribution in [3.05, 3.63) is 124 Å². The topological polar surface area (TPSA) is 177 Å². The lowest BCUT2D eigenvalue weighted by molar-refractivity contribution is -0.118. The third-order valence-corrected chi connectivity index (χ3v) is 13.5. The van der Waals surface area contributed by atoms with Gasteiger partial charge < -0.3 is 34.1 Å². The molecule has 5 aromatic rings. The number of rotatable bonds is 12. The minimum Gasteiger partial charge on any atom is -0.493 e. The molecule has 2 atom stereocenters. The number of methoxy groups -OCH3 is 2. The highest BCUT2D eigenvalue weighted by Gasteiger charge is 2.44. The van der Waals surface area contributed by atoms with E-state index >= 15 is 0 Å². The largest absolute Gasteiger partial charge is 0.493 e. The molecule has 0 saturated carbocycles. The molecule has 342 valence electrons. The summed E-state index contributed by atoms with van der Waals surface area (Å²) in [5, 5.41) is 2.90. The van der Waals surface area contributed by atoms with E-state index in [1.807, 2.05) is 55.1 Å². The number of para-hydroxylation sites is 2. The van der Waals surface area contributed by atoms with Crippen molar-refractivity contribution in [3.63, 3.8) is 0 Å². The first-order valence-corrected chi connectivity index (χ1v) is 23.3. The van der Waals surface area contributed by atoms with Gasteiger partial charge in [-0.25, -0.2) is 4.99 Å². The summed E-state index contributed by atoms with van der Waals surface area (Å²) in [6.45, 7) is 4.41. The summed E-state index contributed by atoms with van der Waals surface area (Å²) in [6.07, 6.45) is 1.68. The van der Waals surface area contributed by atoms with Gasteiger partial charge in [0, 0.05) is 60.4 Å². The Kier molecular flexibility index (Phi) is 11.7. The summed E-state index contributed by atoms with van der Waals surface area (Å²) in [5.41, 5.74) is 6.30. The van der Waals surface area contributed by atoms with Crippen LogP contribution in [0.25, 0.3) is 0 Å². The fraction of sp³-hybridized carbons (Fsp3) is 0.306. The number of fused-ring (bicyclic) bond motifs is 8. The van der Waals surface area contributed by atoms with Crippen LogP contribution in [-0.2, 0) is 41.0 Å². The molecule has 0 saturated heterocycles. The molecule has 3 amide bonds.